The zero-order valence-electron chi connectivity index (χ0n) is 18.9. The summed E-state index contributed by atoms with van der Waals surface area (Å²) in [6.45, 7) is 4.18. The molecule has 3 aliphatic heterocycles. The van der Waals surface area contributed by atoms with Crippen molar-refractivity contribution in [1.82, 2.24) is 4.90 Å². The normalized spacial score (nSPS) is 21.7. The lowest BCUT2D eigenvalue weighted by Crippen LogP contribution is -2.41. The Hall–Kier alpha value is -3.12. The van der Waals surface area contributed by atoms with Gasteiger partial charge in [0, 0.05) is 22.6 Å². The van der Waals surface area contributed by atoms with Crippen LogP contribution in [0.5, 0.6) is 0 Å². The Labute approximate surface area is 194 Å². The minimum Gasteiger partial charge on any atom is -0.450 e. The summed E-state index contributed by atoms with van der Waals surface area (Å²) in [6, 6.07) is 15.0. The smallest absolute Gasteiger partial charge is 0.284 e. The van der Waals surface area contributed by atoms with E-state index in [4.69, 9.17) is 10.2 Å². The number of carbonyl (C=O) groups is 2. The minimum atomic E-state index is -0.594. The van der Waals surface area contributed by atoms with E-state index in [0.717, 1.165) is 47.4 Å². The predicted molar refractivity (Wildman–Crippen MR) is 130 cm³/mol. The third-order valence-electron chi connectivity index (χ3n) is 7.26. The van der Waals surface area contributed by atoms with Crippen LogP contribution >= 0.6 is 0 Å². The first-order chi connectivity index (χ1) is 16.1. The van der Waals surface area contributed by atoms with Crippen LogP contribution < -0.4 is 11.1 Å². The molecule has 2 aromatic carbocycles. The molecule has 33 heavy (non-hydrogen) atoms. The average molecular weight is 446 g/mol. The van der Waals surface area contributed by atoms with E-state index in [-0.39, 0.29) is 17.6 Å². The van der Waals surface area contributed by atoms with Crippen molar-refractivity contribution in [3.05, 3.63) is 54.3 Å². The fourth-order valence-electron chi connectivity index (χ4n) is 4.95. The monoisotopic (exact) mass is 445 g/mol. The predicted octanol–water partition coefficient (Wildman–Crippen LogP) is 5.04. The maximum atomic E-state index is 12.2. The highest BCUT2D eigenvalue weighted by molar-refractivity contribution is 6.00. The molecule has 0 unspecified atom stereocenters. The largest absolute Gasteiger partial charge is 0.450 e. The van der Waals surface area contributed by atoms with Crippen molar-refractivity contribution in [2.45, 2.75) is 38.5 Å². The second-order valence-corrected chi connectivity index (χ2v) is 9.47. The summed E-state index contributed by atoms with van der Waals surface area (Å²) in [5.74, 6) is 0.867. The number of nitrogens with zero attached hydrogens (tertiary/aromatic N) is 1. The van der Waals surface area contributed by atoms with Crippen molar-refractivity contribution in [2.24, 2.45) is 17.6 Å². The van der Waals surface area contributed by atoms with Gasteiger partial charge in [0.25, 0.3) is 5.91 Å². The van der Waals surface area contributed by atoms with Gasteiger partial charge in [0.2, 0.25) is 5.91 Å². The molecule has 2 amide bonds. The zero-order chi connectivity index (χ0) is 22.8. The van der Waals surface area contributed by atoms with Crippen LogP contribution in [-0.2, 0) is 4.79 Å². The second kappa shape index (κ2) is 9.40. The molecule has 6 nitrogen and oxygen atoms in total. The van der Waals surface area contributed by atoms with E-state index >= 15 is 0 Å². The molecular weight excluding hydrogens is 414 g/mol. The fourth-order valence-corrected chi connectivity index (χ4v) is 4.95. The Morgan fingerprint density at radius 1 is 0.939 bits per heavy atom. The molecule has 2 bridgehead atoms. The average Bonchev–Trinajstić information content (AvgIpc) is 3.25. The second-order valence-electron chi connectivity index (χ2n) is 9.47. The number of nitrogens with two attached hydrogens (primary N) is 1. The molecule has 1 aliphatic carbocycles. The fraction of sp³-hybridized carbons (Fsp3) is 0.407. The molecule has 3 N–H and O–H groups in total. The third kappa shape index (κ3) is 4.81. The standard InChI is InChI=1S/C20H18N2O3.C7H13N/c21-19(23)17-11-14-7-3-9-16(18(14)25-17)13-6-2-8-15(10-13)22-20(24)12-4-1-5-12;1-4-8-5-2-7(1)3-6-8/h2-3,6-12H,1,4-5H2,(H2,21,23)(H,22,24);7H,1-6H2. The molecule has 7 rings (SSSR count). The molecule has 4 heterocycles. The lowest BCUT2D eigenvalue weighted by Gasteiger charge is -2.38. The first-order valence-corrected chi connectivity index (χ1v) is 12.0. The van der Waals surface area contributed by atoms with E-state index in [9.17, 15) is 9.59 Å². The molecule has 4 fully saturated rings. The van der Waals surface area contributed by atoms with Crippen LogP contribution in [0.1, 0.15) is 49.1 Å². The van der Waals surface area contributed by atoms with Gasteiger partial charge in [-0.15, -0.1) is 0 Å². The van der Waals surface area contributed by atoms with Gasteiger partial charge in [0.15, 0.2) is 5.76 Å². The van der Waals surface area contributed by atoms with Crippen LogP contribution in [0, 0.1) is 11.8 Å². The molecule has 6 heteroatoms. The van der Waals surface area contributed by atoms with Gasteiger partial charge < -0.3 is 20.4 Å². The van der Waals surface area contributed by atoms with Crippen molar-refractivity contribution in [3.8, 4) is 11.1 Å². The van der Waals surface area contributed by atoms with Gasteiger partial charge in [-0.25, -0.2) is 0 Å². The summed E-state index contributed by atoms with van der Waals surface area (Å²) in [6.07, 6.45) is 7.51. The first kappa shape index (κ1) is 21.7. The van der Waals surface area contributed by atoms with E-state index in [2.05, 4.69) is 10.2 Å². The van der Waals surface area contributed by atoms with Crippen molar-refractivity contribution in [3.63, 3.8) is 0 Å². The highest BCUT2D eigenvalue weighted by Gasteiger charge is 2.25. The number of primary amides is 1. The number of rotatable bonds is 4. The number of anilines is 1. The van der Waals surface area contributed by atoms with Crippen molar-refractivity contribution >= 4 is 28.5 Å². The SMILES string of the molecule is C1CN2CCC1CC2.NC(=O)c1cc2cccc(-c3cccc(NC(=O)C4CCC4)c3)c2o1. The number of nitrogens with one attached hydrogen (secondary N) is 1. The van der Waals surface area contributed by atoms with E-state index in [1.165, 1.54) is 38.9 Å². The minimum absolute atomic E-state index is 0.0793. The van der Waals surface area contributed by atoms with Gasteiger partial charge in [-0.3, -0.25) is 9.59 Å². The Kier molecular flexibility index (Phi) is 6.18. The Bertz CT molecular complexity index is 1130. The van der Waals surface area contributed by atoms with Crippen molar-refractivity contribution in [2.75, 3.05) is 25.0 Å². The van der Waals surface area contributed by atoms with Crippen LogP contribution in [-0.4, -0.2) is 36.3 Å². The first-order valence-electron chi connectivity index (χ1n) is 12.0. The molecule has 3 saturated heterocycles. The quantitative estimate of drug-likeness (QED) is 0.589. The number of carbonyl (C=O) groups excluding carboxylic acids is 2. The Morgan fingerprint density at radius 2 is 1.67 bits per heavy atom. The topological polar surface area (TPSA) is 88.6 Å². The molecule has 3 aromatic rings. The van der Waals surface area contributed by atoms with Gasteiger partial charge in [0.05, 0.1) is 0 Å². The van der Waals surface area contributed by atoms with E-state index < -0.39 is 5.91 Å². The maximum absolute atomic E-state index is 12.2. The number of fused-ring (bicyclic) bond motifs is 4. The van der Waals surface area contributed by atoms with Gasteiger partial charge in [-0.1, -0.05) is 36.8 Å². The summed E-state index contributed by atoms with van der Waals surface area (Å²) in [4.78, 5) is 26.1. The van der Waals surface area contributed by atoms with E-state index in [1.54, 1.807) is 6.07 Å². The van der Waals surface area contributed by atoms with Crippen LogP contribution in [0.2, 0.25) is 0 Å². The van der Waals surface area contributed by atoms with Crippen LogP contribution in [0.4, 0.5) is 5.69 Å². The Balaban J connectivity index is 0.000000238. The molecule has 0 spiro atoms. The molecule has 1 aromatic heterocycles. The summed E-state index contributed by atoms with van der Waals surface area (Å²) >= 11 is 0. The molecule has 0 radical (unpaired) electrons. The molecule has 1 saturated carbocycles. The van der Waals surface area contributed by atoms with Gasteiger partial charge in [0.1, 0.15) is 5.58 Å². The number of amides is 2. The van der Waals surface area contributed by atoms with Crippen LogP contribution in [0.3, 0.4) is 0 Å². The molecular formula is C27H31N3O3. The van der Waals surface area contributed by atoms with E-state index in [1.807, 2.05) is 42.5 Å². The number of benzene rings is 2. The van der Waals surface area contributed by atoms with Crippen LogP contribution in [0.25, 0.3) is 22.1 Å². The highest BCUT2D eigenvalue weighted by atomic mass is 16.3. The highest BCUT2D eigenvalue weighted by Crippen LogP contribution is 2.33. The van der Waals surface area contributed by atoms with Crippen molar-refractivity contribution < 1.29 is 14.0 Å². The number of piperidine rings is 3. The lowest BCUT2D eigenvalue weighted by atomic mass is 9.85. The van der Waals surface area contributed by atoms with Gasteiger partial charge in [-0.05, 0) is 81.4 Å². The molecule has 4 aliphatic rings. The number of hydrogen-bond donors (Lipinski definition) is 2. The lowest BCUT2D eigenvalue weighted by molar-refractivity contribution is -0.122. The molecule has 0 atom stereocenters. The Morgan fingerprint density at radius 3 is 2.24 bits per heavy atom. The summed E-state index contributed by atoms with van der Waals surface area (Å²) in [5.41, 5.74) is 8.44. The summed E-state index contributed by atoms with van der Waals surface area (Å²) < 4.78 is 5.64. The van der Waals surface area contributed by atoms with E-state index in [0.29, 0.717) is 5.58 Å². The van der Waals surface area contributed by atoms with Crippen LogP contribution in [0.15, 0.2) is 52.9 Å². The zero-order valence-corrected chi connectivity index (χ0v) is 18.9. The molecule has 172 valence electrons. The summed E-state index contributed by atoms with van der Waals surface area (Å²) in [5, 5.41) is 3.80. The number of para-hydroxylation sites is 1. The van der Waals surface area contributed by atoms with Gasteiger partial charge in [-0.2, -0.15) is 0 Å². The maximum Gasteiger partial charge on any atom is 0.284 e. The number of furan rings is 1. The number of hydrogen-bond acceptors (Lipinski definition) is 4. The third-order valence-corrected chi connectivity index (χ3v) is 7.26. The van der Waals surface area contributed by atoms with Gasteiger partial charge >= 0.3 is 0 Å². The summed E-state index contributed by atoms with van der Waals surface area (Å²) in [7, 11) is 0. The van der Waals surface area contributed by atoms with Crippen molar-refractivity contribution in [1.29, 1.82) is 0 Å².